The van der Waals surface area contributed by atoms with Crippen molar-refractivity contribution in [2.24, 2.45) is 28.6 Å². The number of carbonyl (C=O) groups excluding carboxylic acids is 2. The number of hydrogen-bond acceptors (Lipinski definition) is 3. The zero-order valence-corrected chi connectivity index (χ0v) is 15.2. The van der Waals surface area contributed by atoms with Gasteiger partial charge in [0.25, 0.3) is 0 Å². The summed E-state index contributed by atoms with van der Waals surface area (Å²) < 4.78 is 16.7. The summed E-state index contributed by atoms with van der Waals surface area (Å²) in [5.41, 5.74) is -2.22. The second-order valence-corrected chi connectivity index (χ2v) is 9.09. The average Bonchev–Trinajstić information content (AvgIpc) is 2.87. The first-order chi connectivity index (χ1) is 11.6. The number of alkyl halides is 1. The van der Waals surface area contributed by atoms with Crippen LogP contribution in [-0.4, -0.2) is 28.4 Å². The lowest BCUT2D eigenvalue weighted by Gasteiger charge is -2.61. The van der Waals surface area contributed by atoms with Gasteiger partial charge in [0.05, 0.1) is 6.10 Å². The Labute approximate surface area is 148 Å². The van der Waals surface area contributed by atoms with Gasteiger partial charge in [-0.1, -0.05) is 18.6 Å². The molecule has 0 amide bonds. The predicted octanol–water partition coefficient (Wildman–Crippen LogP) is 3.56. The van der Waals surface area contributed by atoms with Crippen molar-refractivity contribution in [3.63, 3.8) is 0 Å². The normalized spacial score (nSPS) is 51.4. The molecule has 1 N–H and O–H groups in total. The molecule has 3 nitrogen and oxygen atoms in total. The van der Waals surface area contributed by atoms with E-state index >= 15 is 4.39 Å². The molecule has 0 saturated heterocycles. The molecule has 5 unspecified atom stereocenters. The third-order valence-corrected chi connectivity index (χ3v) is 8.13. The number of Topliss-reactive ketones (excluding diaryl/α,β-unsaturated/α-hetero) is 1. The summed E-state index contributed by atoms with van der Waals surface area (Å²) in [5.74, 6) is -0.175. The zero-order chi connectivity index (χ0) is 18.2. The monoisotopic (exact) mass is 346 g/mol. The van der Waals surface area contributed by atoms with Crippen LogP contribution in [0.4, 0.5) is 4.39 Å². The van der Waals surface area contributed by atoms with E-state index in [-0.39, 0.29) is 34.7 Å². The fourth-order valence-electron chi connectivity index (χ4n) is 6.88. The lowest BCUT2D eigenvalue weighted by Crippen LogP contribution is -2.66. The number of carbonyl (C=O) groups is 2. The van der Waals surface area contributed by atoms with Crippen LogP contribution in [0.25, 0.3) is 0 Å². The van der Waals surface area contributed by atoms with Gasteiger partial charge in [0.2, 0.25) is 0 Å². The maximum atomic E-state index is 16.7. The molecule has 7 atom stereocenters. The SMILES string of the molecule is CC(=O)C1CCC2C3CCC4=CC(=O)C=CC4(C)[C@@]3(F)[C@@H](O)CC12C. The molecule has 0 bridgehead atoms. The maximum Gasteiger partial charge on any atom is 0.178 e. The Kier molecular flexibility index (Phi) is 3.51. The van der Waals surface area contributed by atoms with Crippen molar-refractivity contribution in [2.75, 3.05) is 0 Å². The molecule has 4 aliphatic rings. The maximum absolute atomic E-state index is 16.7. The van der Waals surface area contributed by atoms with E-state index in [4.69, 9.17) is 0 Å². The van der Waals surface area contributed by atoms with E-state index in [2.05, 4.69) is 6.92 Å². The molecule has 0 radical (unpaired) electrons. The first-order valence-electron chi connectivity index (χ1n) is 9.46. The van der Waals surface area contributed by atoms with Crippen molar-refractivity contribution in [1.29, 1.82) is 0 Å². The summed E-state index contributed by atoms with van der Waals surface area (Å²) in [6.07, 6.45) is 6.86. The van der Waals surface area contributed by atoms with E-state index in [1.54, 1.807) is 19.1 Å². The molecule has 25 heavy (non-hydrogen) atoms. The van der Waals surface area contributed by atoms with Crippen molar-refractivity contribution < 1.29 is 19.1 Å². The zero-order valence-electron chi connectivity index (χ0n) is 15.2. The van der Waals surface area contributed by atoms with Crippen LogP contribution in [0.15, 0.2) is 23.8 Å². The first-order valence-corrected chi connectivity index (χ1v) is 9.46. The van der Waals surface area contributed by atoms with E-state index in [0.717, 1.165) is 18.4 Å². The predicted molar refractivity (Wildman–Crippen MR) is 92.5 cm³/mol. The van der Waals surface area contributed by atoms with Crippen molar-refractivity contribution in [1.82, 2.24) is 0 Å². The minimum absolute atomic E-state index is 0.0788. The highest BCUT2D eigenvalue weighted by Gasteiger charge is 2.70. The van der Waals surface area contributed by atoms with Crippen LogP contribution in [0.1, 0.15) is 52.9 Å². The Balaban J connectivity index is 1.81. The molecule has 136 valence electrons. The van der Waals surface area contributed by atoms with Crippen molar-refractivity contribution in [3.05, 3.63) is 23.8 Å². The van der Waals surface area contributed by atoms with Crippen molar-refractivity contribution in [3.8, 4) is 0 Å². The minimum atomic E-state index is -1.77. The summed E-state index contributed by atoms with van der Waals surface area (Å²) in [5, 5.41) is 11.0. The standard InChI is InChI=1S/C21H27FO3/c1-12(23)15-6-7-16-17-5-4-13-10-14(24)8-9-20(13,3)21(17,22)18(25)11-19(15,16)2/h8-10,15-18,25H,4-7,11H2,1-3H3/t15?,16?,17?,18-,19?,20?,21-/m0/s1. The summed E-state index contributed by atoms with van der Waals surface area (Å²) in [6.45, 7) is 5.53. The molecule has 0 aromatic heterocycles. The van der Waals surface area contributed by atoms with Crippen LogP contribution < -0.4 is 0 Å². The number of allylic oxidation sites excluding steroid dienone is 4. The third-order valence-electron chi connectivity index (χ3n) is 8.13. The Bertz CT molecular complexity index is 710. The van der Waals surface area contributed by atoms with Gasteiger partial charge in [-0.25, -0.2) is 4.39 Å². The average molecular weight is 346 g/mol. The van der Waals surface area contributed by atoms with Crippen LogP contribution >= 0.6 is 0 Å². The number of rotatable bonds is 1. The molecule has 0 aromatic carbocycles. The molecule has 3 fully saturated rings. The summed E-state index contributed by atoms with van der Waals surface area (Å²) in [6, 6.07) is 0. The highest BCUT2D eigenvalue weighted by molar-refractivity contribution is 6.01. The van der Waals surface area contributed by atoms with E-state index < -0.39 is 17.2 Å². The Hall–Kier alpha value is -1.29. The number of aliphatic hydroxyl groups excluding tert-OH is 1. The molecule has 0 spiro atoms. The molecule has 0 aromatic rings. The van der Waals surface area contributed by atoms with Gasteiger partial charge >= 0.3 is 0 Å². The lowest BCUT2D eigenvalue weighted by atomic mass is 9.45. The smallest absolute Gasteiger partial charge is 0.178 e. The van der Waals surface area contributed by atoms with Gasteiger partial charge in [-0.2, -0.15) is 0 Å². The van der Waals surface area contributed by atoms with Crippen LogP contribution in [0.2, 0.25) is 0 Å². The largest absolute Gasteiger partial charge is 0.390 e. The van der Waals surface area contributed by atoms with Gasteiger partial charge in [-0.15, -0.1) is 0 Å². The van der Waals surface area contributed by atoms with Gasteiger partial charge < -0.3 is 5.11 Å². The van der Waals surface area contributed by atoms with E-state index in [9.17, 15) is 14.7 Å². The third kappa shape index (κ3) is 1.95. The van der Waals surface area contributed by atoms with Gasteiger partial charge in [0.1, 0.15) is 5.78 Å². The number of hydrogen-bond donors (Lipinski definition) is 1. The van der Waals surface area contributed by atoms with Crippen molar-refractivity contribution in [2.45, 2.75) is 64.6 Å². The first kappa shape index (κ1) is 17.1. The van der Waals surface area contributed by atoms with E-state index in [1.807, 2.05) is 6.92 Å². The summed E-state index contributed by atoms with van der Waals surface area (Å²) >= 11 is 0. The number of halogens is 1. The molecule has 0 aliphatic heterocycles. The van der Waals surface area contributed by atoms with E-state index in [0.29, 0.717) is 19.3 Å². The van der Waals surface area contributed by atoms with Crippen molar-refractivity contribution >= 4 is 11.6 Å². The van der Waals surface area contributed by atoms with Gasteiger partial charge in [-0.3, -0.25) is 9.59 Å². The van der Waals surface area contributed by atoms with Crippen LogP contribution in [0, 0.1) is 28.6 Å². The molecule has 3 saturated carbocycles. The minimum Gasteiger partial charge on any atom is -0.390 e. The molecule has 4 aliphatic carbocycles. The van der Waals surface area contributed by atoms with Crippen LogP contribution in [0.3, 0.4) is 0 Å². The Morgan fingerprint density at radius 1 is 1.24 bits per heavy atom. The quantitative estimate of drug-likeness (QED) is 0.790. The summed E-state index contributed by atoms with van der Waals surface area (Å²) in [7, 11) is 0. The Morgan fingerprint density at radius 2 is 1.96 bits per heavy atom. The highest BCUT2D eigenvalue weighted by Crippen LogP contribution is 2.68. The lowest BCUT2D eigenvalue weighted by molar-refractivity contribution is -0.195. The Morgan fingerprint density at radius 3 is 2.64 bits per heavy atom. The second-order valence-electron chi connectivity index (χ2n) is 9.09. The molecule has 0 heterocycles. The highest BCUT2D eigenvalue weighted by atomic mass is 19.1. The van der Waals surface area contributed by atoms with Gasteiger partial charge in [0, 0.05) is 17.3 Å². The fourth-order valence-corrected chi connectivity index (χ4v) is 6.88. The number of fused-ring (bicyclic) bond motifs is 5. The summed E-state index contributed by atoms with van der Waals surface area (Å²) in [4.78, 5) is 23.9. The molecule has 4 rings (SSSR count). The second kappa shape index (κ2) is 5.12. The molecule has 4 heteroatoms. The number of aliphatic hydroxyl groups is 1. The van der Waals surface area contributed by atoms with Crippen LogP contribution in [0.5, 0.6) is 0 Å². The van der Waals surface area contributed by atoms with E-state index in [1.165, 1.54) is 6.08 Å². The van der Waals surface area contributed by atoms with Gasteiger partial charge in [0.15, 0.2) is 11.5 Å². The molecular formula is C21H27FO3. The van der Waals surface area contributed by atoms with Crippen LogP contribution in [-0.2, 0) is 9.59 Å². The van der Waals surface area contributed by atoms with Gasteiger partial charge in [-0.05, 0) is 69.4 Å². The fraction of sp³-hybridized carbons (Fsp3) is 0.714. The number of ketones is 2. The molecular weight excluding hydrogens is 319 g/mol. The topological polar surface area (TPSA) is 54.4 Å².